The van der Waals surface area contributed by atoms with Gasteiger partial charge in [0.05, 0.1) is 6.16 Å². The number of rotatable bonds is 8. The molecule has 0 atom stereocenters. The normalized spacial score (nSPS) is 11.9. The van der Waals surface area contributed by atoms with Crippen LogP contribution in [-0.2, 0) is 23.8 Å². The fourth-order valence-corrected chi connectivity index (χ4v) is 3.28. The summed E-state index contributed by atoms with van der Waals surface area (Å²) in [7, 11) is -4.02. The second-order valence-electron chi connectivity index (χ2n) is 6.12. The number of hydrogen-bond donors (Lipinski definition) is 3. The molecule has 0 radical (unpaired) electrons. The molecule has 0 saturated carbocycles. The Balaban J connectivity index is 2.01. The van der Waals surface area contributed by atoms with Gasteiger partial charge >= 0.3 is 7.60 Å². The predicted molar refractivity (Wildman–Crippen MR) is 96.5 cm³/mol. The topological polar surface area (TPSA) is 86.8 Å². The second kappa shape index (κ2) is 8.56. The van der Waals surface area contributed by atoms with Gasteiger partial charge in [0, 0.05) is 26.2 Å². The lowest BCUT2D eigenvalue weighted by atomic mass is 10.1. The van der Waals surface area contributed by atoms with E-state index >= 15 is 0 Å². The molecule has 2 aromatic rings. The summed E-state index contributed by atoms with van der Waals surface area (Å²) in [5, 5.41) is 0. The van der Waals surface area contributed by atoms with E-state index in [9.17, 15) is 4.57 Å². The Labute approximate surface area is 143 Å². The largest absolute Gasteiger partial charge is 0.329 e. The third-order valence-electron chi connectivity index (χ3n) is 3.79. The molecule has 0 fully saturated rings. The first-order valence-electron chi connectivity index (χ1n) is 7.96. The van der Waals surface area contributed by atoms with Crippen molar-refractivity contribution in [2.45, 2.75) is 26.2 Å². The van der Waals surface area contributed by atoms with Gasteiger partial charge in [-0.25, -0.2) is 0 Å². The van der Waals surface area contributed by atoms with E-state index in [2.05, 4.69) is 36.1 Å². The van der Waals surface area contributed by atoms with Crippen LogP contribution in [0.15, 0.2) is 48.5 Å². The van der Waals surface area contributed by atoms with E-state index in [0.29, 0.717) is 12.1 Å². The van der Waals surface area contributed by atoms with Gasteiger partial charge in [-0.2, -0.15) is 0 Å². The highest BCUT2D eigenvalue weighted by atomic mass is 31.2. The summed E-state index contributed by atoms with van der Waals surface area (Å²) < 4.78 is 11.0. The van der Waals surface area contributed by atoms with Crippen LogP contribution in [0.4, 0.5) is 0 Å². The first-order chi connectivity index (χ1) is 11.4. The summed E-state index contributed by atoms with van der Waals surface area (Å²) in [4.78, 5) is 20.3. The van der Waals surface area contributed by atoms with Crippen LogP contribution in [0.3, 0.4) is 0 Å². The summed E-state index contributed by atoms with van der Waals surface area (Å²) >= 11 is 0. The molecule has 4 N–H and O–H groups in total. The molecular weight excluding hydrogens is 323 g/mol. The number of nitrogens with two attached hydrogens (primary N) is 1. The number of benzene rings is 2. The van der Waals surface area contributed by atoms with Gasteiger partial charge < -0.3 is 15.5 Å². The van der Waals surface area contributed by atoms with Gasteiger partial charge in [0.2, 0.25) is 0 Å². The van der Waals surface area contributed by atoms with Gasteiger partial charge in [-0.15, -0.1) is 0 Å². The maximum Gasteiger partial charge on any atom is 0.329 e. The van der Waals surface area contributed by atoms with Crippen LogP contribution >= 0.6 is 7.60 Å². The molecule has 2 aromatic carbocycles. The molecule has 0 amide bonds. The first kappa shape index (κ1) is 18.8. The van der Waals surface area contributed by atoms with E-state index in [1.807, 2.05) is 12.1 Å². The lowest BCUT2D eigenvalue weighted by Gasteiger charge is -2.22. The monoisotopic (exact) mass is 348 g/mol. The zero-order valence-corrected chi connectivity index (χ0v) is 14.8. The van der Waals surface area contributed by atoms with Crippen LogP contribution < -0.4 is 5.73 Å². The van der Waals surface area contributed by atoms with Crippen LogP contribution in [0.25, 0.3) is 0 Å². The molecule has 0 aliphatic heterocycles. The highest BCUT2D eigenvalue weighted by Crippen LogP contribution is 2.38. The Kier molecular flexibility index (Phi) is 6.72. The molecule has 0 heterocycles. The average Bonchev–Trinajstić information content (AvgIpc) is 2.50. The fraction of sp³-hybridized carbons (Fsp3) is 0.333. The van der Waals surface area contributed by atoms with Crippen molar-refractivity contribution in [3.8, 4) is 0 Å². The Morgan fingerprint density at radius 2 is 1.38 bits per heavy atom. The lowest BCUT2D eigenvalue weighted by molar-refractivity contribution is 0.264. The van der Waals surface area contributed by atoms with Gasteiger partial charge in [0.1, 0.15) is 0 Å². The third-order valence-corrected chi connectivity index (χ3v) is 4.57. The molecule has 0 aliphatic rings. The minimum absolute atomic E-state index is 0.219. The van der Waals surface area contributed by atoms with E-state index in [1.165, 1.54) is 11.1 Å². The Bertz CT molecular complexity index is 680. The van der Waals surface area contributed by atoms with Crippen molar-refractivity contribution in [2.75, 3.05) is 13.1 Å². The zero-order valence-electron chi connectivity index (χ0n) is 13.9. The Morgan fingerprint density at radius 1 is 0.917 bits per heavy atom. The van der Waals surface area contributed by atoms with Gasteiger partial charge in [0.15, 0.2) is 0 Å². The standard InChI is InChI=1S/C18H25N2O3P/c1-15-2-4-16(5-3-15)12-20(11-10-19)13-17-6-8-18(9-7-17)14-24(21,22)23/h2-9H,10-14,19H2,1H3,(H2,21,22,23). The predicted octanol–water partition coefficient (Wildman–Crippen LogP) is 2.63. The van der Waals surface area contributed by atoms with Gasteiger partial charge in [-0.1, -0.05) is 54.1 Å². The second-order valence-corrected chi connectivity index (χ2v) is 7.77. The van der Waals surface area contributed by atoms with E-state index in [-0.39, 0.29) is 6.16 Å². The van der Waals surface area contributed by atoms with Crippen LogP contribution in [0.2, 0.25) is 0 Å². The summed E-state index contributed by atoms with van der Waals surface area (Å²) in [6.45, 7) is 5.02. The summed E-state index contributed by atoms with van der Waals surface area (Å²) in [6.07, 6.45) is -0.219. The highest BCUT2D eigenvalue weighted by molar-refractivity contribution is 7.50. The highest BCUT2D eigenvalue weighted by Gasteiger charge is 2.14. The van der Waals surface area contributed by atoms with Crippen molar-refractivity contribution < 1.29 is 14.4 Å². The van der Waals surface area contributed by atoms with Crippen LogP contribution in [0.1, 0.15) is 22.3 Å². The lowest BCUT2D eigenvalue weighted by Crippen LogP contribution is -2.28. The minimum Gasteiger partial charge on any atom is -0.329 e. The summed E-state index contributed by atoms with van der Waals surface area (Å²) in [5.41, 5.74) is 9.96. The van der Waals surface area contributed by atoms with Crippen molar-refractivity contribution in [1.29, 1.82) is 0 Å². The van der Waals surface area contributed by atoms with Crippen molar-refractivity contribution in [1.82, 2.24) is 4.90 Å². The molecule has 24 heavy (non-hydrogen) atoms. The third kappa shape index (κ3) is 6.56. The van der Waals surface area contributed by atoms with E-state index in [4.69, 9.17) is 15.5 Å². The zero-order chi connectivity index (χ0) is 17.6. The van der Waals surface area contributed by atoms with Crippen LogP contribution in [-0.4, -0.2) is 27.8 Å². The molecule has 0 aliphatic carbocycles. The maximum absolute atomic E-state index is 11.0. The molecule has 2 rings (SSSR count). The Hall–Kier alpha value is -1.49. The smallest absolute Gasteiger partial charge is 0.329 e. The van der Waals surface area contributed by atoms with Crippen LogP contribution in [0, 0.1) is 6.92 Å². The fourth-order valence-electron chi connectivity index (χ4n) is 2.59. The molecule has 5 nitrogen and oxygen atoms in total. The van der Waals surface area contributed by atoms with Crippen molar-refractivity contribution in [3.63, 3.8) is 0 Å². The minimum atomic E-state index is -4.02. The molecule has 0 spiro atoms. The quantitative estimate of drug-likeness (QED) is 0.639. The summed E-state index contributed by atoms with van der Waals surface area (Å²) in [5.74, 6) is 0. The van der Waals surface area contributed by atoms with Crippen molar-refractivity contribution >= 4 is 7.60 Å². The van der Waals surface area contributed by atoms with E-state index in [1.54, 1.807) is 12.1 Å². The number of aryl methyl sites for hydroxylation is 1. The molecular formula is C18H25N2O3P. The van der Waals surface area contributed by atoms with Crippen LogP contribution in [0.5, 0.6) is 0 Å². The molecule has 130 valence electrons. The van der Waals surface area contributed by atoms with E-state index < -0.39 is 7.60 Å². The molecule has 0 unspecified atom stereocenters. The molecule has 6 heteroatoms. The van der Waals surface area contributed by atoms with Gasteiger partial charge in [0.25, 0.3) is 0 Å². The maximum atomic E-state index is 11.0. The molecule has 0 saturated heterocycles. The van der Waals surface area contributed by atoms with Crippen molar-refractivity contribution in [3.05, 3.63) is 70.8 Å². The number of hydrogen-bond acceptors (Lipinski definition) is 3. The summed E-state index contributed by atoms with van der Waals surface area (Å²) in [6, 6.07) is 15.9. The van der Waals surface area contributed by atoms with Gasteiger partial charge in [-0.05, 0) is 23.6 Å². The van der Waals surface area contributed by atoms with Gasteiger partial charge in [-0.3, -0.25) is 9.46 Å². The first-order valence-corrected chi connectivity index (χ1v) is 9.76. The van der Waals surface area contributed by atoms with Crippen molar-refractivity contribution in [2.24, 2.45) is 5.73 Å². The van der Waals surface area contributed by atoms with E-state index in [0.717, 1.165) is 25.2 Å². The SMILES string of the molecule is Cc1ccc(CN(CCN)Cc2ccc(CP(=O)(O)O)cc2)cc1. The Morgan fingerprint density at radius 3 is 1.83 bits per heavy atom. The average molecular weight is 348 g/mol. The number of nitrogens with zero attached hydrogens (tertiary/aromatic N) is 1. The molecule has 0 aromatic heterocycles. The molecule has 0 bridgehead atoms.